The Morgan fingerprint density at radius 2 is 1.17 bits per heavy atom. The van der Waals surface area contributed by atoms with Crippen molar-refractivity contribution in [3.63, 3.8) is 0 Å². The van der Waals surface area contributed by atoms with E-state index in [1.165, 1.54) is 0 Å². The van der Waals surface area contributed by atoms with Crippen LogP contribution in [0.4, 0.5) is 0 Å². The van der Waals surface area contributed by atoms with Crippen molar-refractivity contribution in [2.24, 2.45) is 0 Å². The van der Waals surface area contributed by atoms with Gasteiger partial charge in [0, 0.05) is 0 Å². The third-order valence-corrected chi connectivity index (χ3v) is 6.22. The van der Waals surface area contributed by atoms with Gasteiger partial charge in [-0.25, -0.2) is 0 Å². The number of fused-ring (bicyclic) bond motifs is 1. The average Bonchev–Trinajstić information content (AvgIpc) is 3.14. The van der Waals surface area contributed by atoms with Crippen molar-refractivity contribution in [3.05, 3.63) is 131 Å². The minimum Gasteiger partial charge on any atom is -0.347 e. The number of amides is 3. The predicted octanol–water partition coefficient (Wildman–Crippen LogP) is 5.05. The highest BCUT2D eigenvalue weighted by Gasteiger charge is 2.36. The summed E-state index contributed by atoms with van der Waals surface area (Å²) in [6.07, 6.45) is 0.583. The molecule has 0 radical (unpaired) electrons. The van der Waals surface area contributed by atoms with E-state index in [-0.39, 0.29) is 18.5 Å². The van der Waals surface area contributed by atoms with Gasteiger partial charge in [0.25, 0.3) is 11.8 Å². The van der Waals surface area contributed by atoms with Gasteiger partial charge in [-0.2, -0.15) is 0 Å². The number of hydrogen-bond donors (Lipinski definition) is 1. The highest BCUT2D eigenvalue weighted by Crippen LogP contribution is 2.25. The molecule has 1 N–H and O–H groups in total. The van der Waals surface area contributed by atoms with Crippen LogP contribution in [0, 0.1) is 0 Å². The zero-order chi connectivity index (χ0) is 24.2. The quantitative estimate of drug-likeness (QED) is 0.393. The van der Waals surface area contributed by atoms with Crippen LogP contribution >= 0.6 is 0 Å². The van der Waals surface area contributed by atoms with E-state index >= 15 is 0 Å². The predicted molar refractivity (Wildman–Crippen MR) is 135 cm³/mol. The molecule has 4 aromatic rings. The lowest BCUT2D eigenvalue weighted by atomic mass is 9.96. The van der Waals surface area contributed by atoms with E-state index in [1.807, 2.05) is 72.8 Å². The first kappa shape index (κ1) is 22.3. The first-order valence-corrected chi connectivity index (χ1v) is 11.5. The number of carbonyl (C=O) groups excluding carboxylic acids is 3. The summed E-state index contributed by atoms with van der Waals surface area (Å²) in [5.41, 5.74) is 4.90. The van der Waals surface area contributed by atoms with Crippen LogP contribution in [-0.2, 0) is 11.2 Å². The Morgan fingerprint density at radius 1 is 0.657 bits per heavy atom. The summed E-state index contributed by atoms with van der Waals surface area (Å²) < 4.78 is 0. The molecule has 1 atom stereocenters. The minimum atomic E-state index is -0.437. The Hall–Kier alpha value is -4.51. The normalized spacial score (nSPS) is 13.4. The highest BCUT2D eigenvalue weighted by molar-refractivity contribution is 6.22. The standard InChI is InChI=1S/C30H24N2O3/c33-28(20-32-29(34)25-13-7-8-14-26(25)30(32)35)31-27(19-21-9-3-1-4-10-21)24-17-15-23(16-18-24)22-11-5-2-6-12-22/h1-18,27H,19-20H2,(H,31,33)/t27-/m1/s1. The van der Waals surface area contributed by atoms with E-state index in [4.69, 9.17) is 0 Å². The molecule has 0 saturated carbocycles. The second-order valence-electron chi connectivity index (χ2n) is 8.54. The summed E-state index contributed by atoms with van der Waals surface area (Å²) in [6, 6.07) is 34.4. The number of imide groups is 1. The lowest BCUT2D eigenvalue weighted by molar-refractivity contribution is -0.122. The van der Waals surface area contributed by atoms with E-state index in [0.29, 0.717) is 17.5 Å². The van der Waals surface area contributed by atoms with Crippen molar-refractivity contribution in [3.8, 4) is 11.1 Å². The summed E-state index contributed by atoms with van der Waals surface area (Å²) in [4.78, 5) is 39.4. The van der Waals surface area contributed by atoms with Crippen LogP contribution in [0.2, 0.25) is 0 Å². The first-order valence-electron chi connectivity index (χ1n) is 11.5. The van der Waals surface area contributed by atoms with Gasteiger partial charge in [0.15, 0.2) is 0 Å². The Bertz CT molecular complexity index is 1330. The summed E-state index contributed by atoms with van der Waals surface area (Å²) in [5.74, 6) is -1.26. The fourth-order valence-corrected chi connectivity index (χ4v) is 4.41. The Kier molecular flexibility index (Phi) is 6.22. The van der Waals surface area contributed by atoms with Crippen molar-refractivity contribution in [2.45, 2.75) is 12.5 Å². The van der Waals surface area contributed by atoms with Crippen molar-refractivity contribution in [1.82, 2.24) is 10.2 Å². The van der Waals surface area contributed by atoms with E-state index in [2.05, 4.69) is 17.4 Å². The van der Waals surface area contributed by atoms with E-state index in [1.54, 1.807) is 24.3 Å². The number of carbonyl (C=O) groups is 3. The van der Waals surface area contributed by atoms with Gasteiger partial charge in [0.2, 0.25) is 5.91 Å². The molecule has 0 aliphatic carbocycles. The molecule has 35 heavy (non-hydrogen) atoms. The van der Waals surface area contributed by atoms with Gasteiger partial charge in [-0.15, -0.1) is 0 Å². The van der Waals surface area contributed by atoms with Gasteiger partial charge in [-0.1, -0.05) is 97.1 Å². The van der Waals surface area contributed by atoms with E-state index in [9.17, 15) is 14.4 Å². The molecule has 4 aromatic carbocycles. The number of nitrogens with one attached hydrogen (secondary N) is 1. The third kappa shape index (κ3) is 4.75. The van der Waals surface area contributed by atoms with Crippen LogP contribution in [0.15, 0.2) is 109 Å². The maximum atomic E-state index is 13.0. The molecule has 1 aliphatic heterocycles. The first-order chi connectivity index (χ1) is 17.1. The van der Waals surface area contributed by atoms with Crippen LogP contribution in [0.1, 0.15) is 37.9 Å². The molecular weight excluding hydrogens is 436 g/mol. The Morgan fingerprint density at radius 3 is 1.77 bits per heavy atom. The number of nitrogens with zero attached hydrogens (tertiary/aromatic N) is 1. The molecule has 1 aliphatic rings. The van der Waals surface area contributed by atoms with Crippen molar-refractivity contribution >= 4 is 17.7 Å². The molecule has 0 unspecified atom stereocenters. The maximum absolute atomic E-state index is 13.0. The maximum Gasteiger partial charge on any atom is 0.262 e. The molecular formula is C30H24N2O3. The molecule has 5 rings (SSSR count). The zero-order valence-corrected chi connectivity index (χ0v) is 19.1. The van der Waals surface area contributed by atoms with Crippen molar-refractivity contribution in [2.75, 3.05) is 6.54 Å². The number of rotatable bonds is 7. The summed E-state index contributed by atoms with van der Waals surface area (Å²) in [6.45, 7) is -0.320. The van der Waals surface area contributed by atoms with Crippen LogP contribution in [-0.4, -0.2) is 29.2 Å². The molecule has 172 valence electrons. The van der Waals surface area contributed by atoms with Gasteiger partial charge in [-0.3, -0.25) is 19.3 Å². The monoisotopic (exact) mass is 460 g/mol. The van der Waals surface area contributed by atoms with Gasteiger partial charge >= 0.3 is 0 Å². The van der Waals surface area contributed by atoms with Crippen LogP contribution < -0.4 is 5.32 Å². The molecule has 5 nitrogen and oxygen atoms in total. The Balaban J connectivity index is 1.35. The van der Waals surface area contributed by atoms with E-state index in [0.717, 1.165) is 27.2 Å². The largest absolute Gasteiger partial charge is 0.347 e. The number of hydrogen-bond acceptors (Lipinski definition) is 3. The van der Waals surface area contributed by atoms with Gasteiger partial charge in [0.1, 0.15) is 6.54 Å². The smallest absolute Gasteiger partial charge is 0.262 e. The van der Waals surface area contributed by atoms with Gasteiger partial charge in [-0.05, 0) is 40.8 Å². The summed E-state index contributed by atoms with van der Waals surface area (Å²) >= 11 is 0. The lowest BCUT2D eigenvalue weighted by Crippen LogP contribution is -2.42. The van der Waals surface area contributed by atoms with Crippen LogP contribution in [0.5, 0.6) is 0 Å². The second kappa shape index (κ2) is 9.77. The van der Waals surface area contributed by atoms with E-state index < -0.39 is 11.8 Å². The van der Waals surface area contributed by atoms with Crippen molar-refractivity contribution < 1.29 is 14.4 Å². The molecule has 0 saturated heterocycles. The summed E-state index contributed by atoms with van der Waals surface area (Å²) in [5, 5.41) is 3.05. The lowest BCUT2D eigenvalue weighted by Gasteiger charge is -2.22. The van der Waals surface area contributed by atoms with Crippen molar-refractivity contribution in [1.29, 1.82) is 0 Å². The SMILES string of the molecule is O=C(CN1C(=O)c2ccccc2C1=O)N[C@H](Cc1ccccc1)c1ccc(-c2ccccc2)cc1. The topological polar surface area (TPSA) is 66.5 Å². The zero-order valence-electron chi connectivity index (χ0n) is 19.1. The Labute approximate surface area is 204 Å². The fourth-order valence-electron chi connectivity index (χ4n) is 4.41. The van der Waals surface area contributed by atoms with Gasteiger partial charge in [0.05, 0.1) is 17.2 Å². The molecule has 0 spiro atoms. The molecule has 5 heteroatoms. The fraction of sp³-hybridized carbons (Fsp3) is 0.100. The van der Waals surface area contributed by atoms with Crippen LogP contribution in [0.3, 0.4) is 0 Å². The third-order valence-electron chi connectivity index (χ3n) is 6.22. The van der Waals surface area contributed by atoms with Crippen LogP contribution in [0.25, 0.3) is 11.1 Å². The van der Waals surface area contributed by atoms with Gasteiger partial charge < -0.3 is 5.32 Å². The molecule has 0 aromatic heterocycles. The second-order valence-corrected chi connectivity index (χ2v) is 8.54. The highest BCUT2D eigenvalue weighted by atomic mass is 16.2. The molecule has 0 fully saturated rings. The molecule has 1 heterocycles. The number of benzene rings is 4. The average molecular weight is 461 g/mol. The summed E-state index contributed by atoms with van der Waals surface area (Å²) in [7, 11) is 0. The minimum absolute atomic E-state index is 0.315. The molecule has 3 amide bonds. The molecule has 0 bridgehead atoms.